The average Bonchev–Trinajstić information content (AvgIpc) is 2.96. The summed E-state index contributed by atoms with van der Waals surface area (Å²) < 4.78 is 1.18. The highest BCUT2D eigenvalue weighted by atomic mass is 35.5. The van der Waals surface area contributed by atoms with E-state index in [-0.39, 0.29) is 5.75 Å². The maximum Gasteiger partial charge on any atom is 0.141 e. The Morgan fingerprint density at radius 3 is 2.55 bits per heavy atom. The van der Waals surface area contributed by atoms with Crippen LogP contribution in [0.1, 0.15) is 4.88 Å². The van der Waals surface area contributed by atoms with Crippen molar-refractivity contribution in [2.24, 2.45) is 4.99 Å². The van der Waals surface area contributed by atoms with Crippen molar-refractivity contribution < 1.29 is 5.11 Å². The van der Waals surface area contributed by atoms with Crippen LogP contribution in [0.4, 0.5) is 5.69 Å². The van der Waals surface area contributed by atoms with Gasteiger partial charge in [-0.25, -0.2) is 0 Å². The molecule has 5 heteroatoms. The second kappa shape index (κ2) is 7.01. The molecule has 110 valence electrons. The molecule has 0 spiro atoms. The first kappa shape index (κ1) is 15.2. The highest BCUT2D eigenvalue weighted by Crippen LogP contribution is 2.34. The van der Waals surface area contributed by atoms with Crippen LogP contribution in [0.15, 0.2) is 74.8 Å². The third-order valence-corrected chi connectivity index (χ3v) is 5.26. The zero-order valence-corrected chi connectivity index (χ0v) is 13.8. The number of halogens is 1. The summed E-state index contributed by atoms with van der Waals surface area (Å²) in [6.07, 6.45) is 1.77. The lowest BCUT2D eigenvalue weighted by Gasteiger charge is -1.98. The van der Waals surface area contributed by atoms with Crippen LogP contribution in [0.3, 0.4) is 0 Å². The second-order valence-electron chi connectivity index (χ2n) is 4.46. The molecule has 22 heavy (non-hydrogen) atoms. The summed E-state index contributed by atoms with van der Waals surface area (Å²) in [5.74, 6) is 0.186. The standard InChI is InChI=1S/C17H12ClNOS2/c18-12-5-7-13(8-6-12)21-17-10-9-14(22-17)11-19-15-3-1-2-4-16(15)20/h1-11,20H. The van der Waals surface area contributed by atoms with Gasteiger partial charge in [0.25, 0.3) is 0 Å². The fourth-order valence-corrected chi connectivity index (χ4v) is 3.90. The molecule has 2 nitrogen and oxygen atoms in total. The number of rotatable bonds is 4. The van der Waals surface area contributed by atoms with E-state index in [1.807, 2.05) is 36.4 Å². The molecule has 0 saturated carbocycles. The van der Waals surface area contributed by atoms with Gasteiger partial charge in [0.2, 0.25) is 0 Å². The molecule has 0 amide bonds. The molecule has 0 bridgehead atoms. The topological polar surface area (TPSA) is 32.6 Å². The Kier molecular flexibility index (Phi) is 4.83. The molecule has 2 aromatic carbocycles. The fourth-order valence-electron chi connectivity index (χ4n) is 1.78. The van der Waals surface area contributed by atoms with E-state index in [2.05, 4.69) is 11.1 Å². The van der Waals surface area contributed by atoms with Crippen molar-refractivity contribution in [2.45, 2.75) is 9.10 Å². The van der Waals surface area contributed by atoms with E-state index in [0.717, 1.165) is 14.8 Å². The van der Waals surface area contributed by atoms with E-state index in [0.29, 0.717) is 5.69 Å². The van der Waals surface area contributed by atoms with Crippen LogP contribution in [-0.4, -0.2) is 11.3 Å². The van der Waals surface area contributed by atoms with Crippen LogP contribution < -0.4 is 0 Å². The molecule has 1 aromatic heterocycles. The predicted octanol–water partition coefficient (Wildman–Crippen LogP) is 6.01. The zero-order chi connectivity index (χ0) is 15.4. The van der Waals surface area contributed by atoms with E-state index in [4.69, 9.17) is 11.6 Å². The lowest BCUT2D eigenvalue weighted by Crippen LogP contribution is -1.72. The van der Waals surface area contributed by atoms with Crippen LogP contribution in [-0.2, 0) is 0 Å². The van der Waals surface area contributed by atoms with E-state index in [1.54, 1.807) is 47.5 Å². The number of benzene rings is 2. The highest BCUT2D eigenvalue weighted by Gasteiger charge is 2.02. The normalized spacial score (nSPS) is 11.1. The molecule has 3 aromatic rings. The van der Waals surface area contributed by atoms with Gasteiger partial charge in [0, 0.05) is 21.0 Å². The number of hydrogen-bond donors (Lipinski definition) is 1. The van der Waals surface area contributed by atoms with Crippen LogP contribution >= 0.6 is 34.7 Å². The minimum atomic E-state index is 0.186. The van der Waals surface area contributed by atoms with Crippen LogP contribution in [0, 0.1) is 0 Å². The van der Waals surface area contributed by atoms with Crippen molar-refractivity contribution in [3.8, 4) is 5.75 Å². The number of para-hydroxylation sites is 2. The summed E-state index contributed by atoms with van der Waals surface area (Å²) >= 11 is 9.23. The number of phenols is 1. The number of phenolic OH excluding ortho intramolecular Hbond substituents is 1. The lowest BCUT2D eigenvalue weighted by molar-refractivity contribution is 0.477. The maximum atomic E-state index is 9.69. The number of aromatic hydroxyl groups is 1. The third kappa shape index (κ3) is 3.91. The Labute approximate surface area is 142 Å². The Balaban J connectivity index is 1.71. The lowest BCUT2D eigenvalue weighted by atomic mass is 10.3. The molecule has 0 atom stereocenters. The summed E-state index contributed by atoms with van der Waals surface area (Å²) in [7, 11) is 0. The van der Waals surface area contributed by atoms with E-state index >= 15 is 0 Å². The van der Waals surface area contributed by atoms with Crippen molar-refractivity contribution in [2.75, 3.05) is 0 Å². The summed E-state index contributed by atoms with van der Waals surface area (Å²) in [4.78, 5) is 6.51. The molecule has 3 rings (SSSR count). The molecule has 0 aliphatic carbocycles. The minimum absolute atomic E-state index is 0.186. The zero-order valence-electron chi connectivity index (χ0n) is 11.4. The smallest absolute Gasteiger partial charge is 0.141 e. The molecule has 0 aliphatic heterocycles. The van der Waals surface area contributed by atoms with Gasteiger partial charge in [-0.05, 0) is 48.5 Å². The Morgan fingerprint density at radius 2 is 1.77 bits per heavy atom. The second-order valence-corrected chi connectivity index (χ2v) is 7.39. The van der Waals surface area contributed by atoms with Crippen LogP contribution in [0.5, 0.6) is 5.75 Å². The van der Waals surface area contributed by atoms with Gasteiger partial charge in [0.1, 0.15) is 11.4 Å². The SMILES string of the molecule is Oc1ccccc1N=Cc1ccc(Sc2ccc(Cl)cc2)s1. The average molecular weight is 346 g/mol. The molecular formula is C17H12ClNOS2. The molecule has 0 unspecified atom stereocenters. The first-order valence-corrected chi connectivity index (χ1v) is 8.57. The molecule has 1 heterocycles. The van der Waals surface area contributed by atoms with Gasteiger partial charge in [0.15, 0.2) is 0 Å². The first-order chi connectivity index (χ1) is 10.7. The van der Waals surface area contributed by atoms with Crippen molar-refractivity contribution in [3.05, 3.63) is 70.6 Å². The number of thiophene rings is 1. The van der Waals surface area contributed by atoms with Gasteiger partial charge in [-0.2, -0.15) is 0 Å². The summed E-state index contributed by atoms with van der Waals surface area (Å²) in [5, 5.41) is 10.4. The molecule has 0 fully saturated rings. The van der Waals surface area contributed by atoms with Crippen molar-refractivity contribution >= 4 is 46.6 Å². The monoisotopic (exact) mass is 345 g/mol. The third-order valence-electron chi connectivity index (χ3n) is 2.85. The van der Waals surface area contributed by atoms with E-state index < -0.39 is 0 Å². The van der Waals surface area contributed by atoms with Gasteiger partial charge in [-0.15, -0.1) is 11.3 Å². The summed E-state index contributed by atoms with van der Waals surface area (Å²) in [6, 6.07) is 18.9. The molecule has 0 saturated heterocycles. The number of aliphatic imine (C=N–C) groups is 1. The number of hydrogen-bond acceptors (Lipinski definition) is 4. The molecule has 1 N–H and O–H groups in total. The van der Waals surface area contributed by atoms with Crippen LogP contribution in [0.25, 0.3) is 0 Å². The largest absolute Gasteiger partial charge is 0.506 e. The van der Waals surface area contributed by atoms with Gasteiger partial charge < -0.3 is 5.11 Å². The molecule has 0 radical (unpaired) electrons. The quantitative estimate of drug-likeness (QED) is 0.587. The van der Waals surface area contributed by atoms with Crippen molar-refractivity contribution in [1.29, 1.82) is 0 Å². The van der Waals surface area contributed by atoms with E-state index in [9.17, 15) is 5.11 Å². The summed E-state index contributed by atoms with van der Waals surface area (Å²) in [5.41, 5.74) is 0.572. The molecule has 0 aliphatic rings. The predicted molar refractivity (Wildman–Crippen MR) is 95.3 cm³/mol. The van der Waals surface area contributed by atoms with Crippen molar-refractivity contribution in [3.63, 3.8) is 0 Å². The number of nitrogens with zero attached hydrogens (tertiary/aromatic N) is 1. The Morgan fingerprint density at radius 1 is 1.00 bits per heavy atom. The minimum Gasteiger partial charge on any atom is -0.506 e. The van der Waals surface area contributed by atoms with Crippen LogP contribution in [0.2, 0.25) is 5.02 Å². The van der Waals surface area contributed by atoms with Gasteiger partial charge >= 0.3 is 0 Å². The first-order valence-electron chi connectivity index (χ1n) is 6.56. The van der Waals surface area contributed by atoms with Crippen molar-refractivity contribution in [1.82, 2.24) is 0 Å². The highest BCUT2D eigenvalue weighted by molar-refractivity contribution is 8.01. The Hall–Kier alpha value is -1.75. The van der Waals surface area contributed by atoms with E-state index in [1.165, 1.54) is 4.21 Å². The summed E-state index contributed by atoms with van der Waals surface area (Å²) in [6.45, 7) is 0. The maximum absolute atomic E-state index is 9.69. The Bertz CT molecular complexity index is 796. The molecular weight excluding hydrogens is 334 g/mol. The van der Waals surface area contributed by atoms with Gasteiger partial charge in [-0.1, -0.05) is 35.5 Å². The van der Waals surface area contributed by atoms with Gasteiger partial charge in [-0.3, -0.25) is 4.99 Å². The fraction of sp³-hybridized carbons (Fsp3) is 0. The van der Waals surface area contributed by atoms with Gasteiger partial charge in [0.05, 0.1) is 4.21 Å².